The van der Waals surface area contributed by atoms with Crippen molar-refractivity contribution in [2.75, 3.05) is 25.6 Å². The van der Waals surface area contributed by atoms with Gasteiger partial charge in [0.25, 0.3) is 0 Å². The fourth-order valence-corrected chi connectivity index (χ4v) is 6.23. The topological polar surface area (TPSA) is 88.1 Å². The molecule has 0 bridgehead atoms. The molecule has 0 spiro atoms. The molecule has 7 nitrogen and oxygen atoms in total. The van der Waals surface area contributed by atoms with E-state index in [-0.39, 0.29) is 5.75 Å². The van der Waals surface area contributed by atoms with Crippen LogP contribution in [0.1, 0.15) is 66.2 Å². The van der Waals surface area contributed by atoms with Gasteiger partial charge in [-0.25, -0.2) is 0 Å². The molecule has 0 aliphatic rings. The SMILES string of the molecule is CCO[Si](CCCCCCCCS(=O)(=O)OC(C)=O)(OCC)OCC. The molecule has 0 saturated carbocycles. The van der Waals surface area contributed by atoms with E-state index in [0.717, 1.165) is 45.1 Å². The standard InChI is InChI=1S/C16H34O7SSi/c1-5-20-25(21-6-2,22-7-3)15-13-11-9-8-10-12-14-24(18,19)23-16(4)17/h5-15H2,1-4H3. The third-order valence-electron chi connectivity index (χ3n) is 3.46. The van der Waals surface area contributed by atoms with Gasteiger partial charge in [0.15, 0.2) is 0 Å². The Labute approximate surface area is 153 Å². The number of hydrogen-bond donors (Lipinski definition) is 0. The second-order valence-corrected chi connectivity index (χ2v) is 10.1. The molecule has 0 N–H and O–H groups in total. The van der Waals surface area contributed by atoms with Crippen molar-refractivity contribution in [2.45, 2.75) is 72.3 Å². The van der Waals surface area contributed by atoms with Gasteiger partial charge in [0.1, 0.15) is 0 Å². The number of hydrogen-bond acceptors (Lipinski definition) is 7. The molecule has 9 heteroatoms. The average molecular weight is 399 g/mol. The van der Waals surface area contributed by atoms with E-state index < -0.39 is 24.9 Å². The van der Waals surface area contributed by atoms with Crippen molar-refractivity contribution in [2.24, 2.45) is 0 Å². The van der Waals surface area contributed by atoms with E-state index in [1.165, 1.54) is 0 Å². The van der Waals surface area contributed by atoms with Gasteiger partial charge in [0.05, 0.1) is 5.75 Å². The maximum absolute atomic E-state index is 11.4. The summed E-state index contributed by atoms with van der Waals surface area (Å²) in [5.74, 6) is -0.896. The molecule has 0 amide bonds. The van der Waals surface area contributed by atoms with Gasteiger partial charge < -0.3 is 17.5 Å². The summed E-state index contributed by atoms with van der Waals surface area (Å²) in [6.07, 6.45) is 5.26. The molecule has 0 aliphatic heterocycles. The van der Waals surface area contributed by atoms with Gasteiger partial charge in [-0.3, -0.25) is 4.79 Å². The first-order chi connectivity index (χ1) is 11.8. The van der Waals surface area contributed by atoms with Crippen molar-refractivity contribution >= 4 is 24.9 Å². The molecule has 0 aromatic carbocycles. The Hall–Kier alpha value is -0.483. The highest BCUT2D eigenvalue weighted by atomic mass is 32.2. The molecule has 0 rings (SSSR count). The van der Waals surface area contributed by atoms with Crippen LogP contribution in [0.5, 0.6) is 0 Å². The highest BCUT2D eigenvalue weighted by Gasteiger charge is 2.39. The summed E-state index contributed by atoms with van der Waals surface area (Å²) in [7, 11) is -6.25. The monoisotopic (exact) mass is 398 g/mol. The molecule has 0 radical (unpaired) electrons. The predicted molar refractivity (Wildman–Crippen MR) is 98.7 cm³/mol. The second kappa shape index (κ2) is 13.7. The van der Waals surface area contributed by atoms with E-state index in [4.69, 9.17) is 13.3 Å². The minimum atomic E-state index is -3.71. The molecule has 0 unspecified atom stereocenters. The largest absolute Gasteiger partial charge is 0.500 e. The van der Waals surface area contributed by atoms with Crippen molar-refractivity contribution in [1.82, 2.24) is 0 Å². The molecule has 0 aromatic rings. The first-order valence-electron chi connectivity index (χ1n) is 9.15. The van der Waals surface area contributed by atoms with E-state index in [0.29, 0.717) is 26.2 Å². The third kappa shape index (κ3) is 12.5. The lowest BCUT2D eigenvalue weighted by molar-refractivity contribution is -0.131. The number of rotatable bonds is 16. The van der Waals surface area contributed by atoms with Crippen LogP contribution in [0, 0.1) is 0 Å². The van der Waals surface area contributed by atoms with E-state index in [2.05, 4.69) is 4.18 Å². The third-order valence-corrected chi connectivity index (χ3v) is 7.89. The van der Waals surface area contributed by atoms with Crippen LogP contribution in [0.3, 0.4) is 0 Å². The lowest BCUT2D eigenvalue weighted by Crippen LogP contribution is -2.45. The summed E-state index contributed by atoms with van der Waals surface area (Å²) in [6.45, 7) is 8.69. The smallest absolute Gasteiger partial charge is 0.374 e. The zero-order valence-electron chi connectivity index (χ0n) is 16.0. The van der Waals surface area contributed by atoms with Gasteiger partial charge in [0.2, 0.25) is 0 Å². The van der Waals surface area contributed by atoms with Crippen LogP contribution < -0.4 is 0 Å². The van der Waals surface area contributed by atoms with Gasteiger partial charge in [-0.05, 0) is 33.6 Å². The minimum absolute atomic E-state index is 0.109. The Balaban J connectivity index is 3.94. The highest BCUT2D eigenvalue weighted by Crippen LogP contribution is 2.20. The van der Waals surface area contributed by atoms with E-state index in [1.54, 1.807) is 0 Å². The van der Waals surface area contributed by atoms with Crippen molar-refractivity contribution in [1.29, 1.82) is 0 Å². The molecule has 0 aliphatic carbocycles. The van der Waals surface area contributed by atoms with Gasteiger partial charge in [-0.15, -0.1) is 0 Å². The van der Waals surface area contributed by atoms with Crippen LogP contribution in [-0.4, -0.2) is 48.8 Å². The molecule has 150 valence electrons. The first kappa shape index (κ1) is 24.5. The van der Waals surface area contributed by atoms with Crippen molar-refractivity contribution in [3.05, 3.63) is 0 Å². The molecule has 25 heavy (non-hydrogen) atoms. The lowest BCUT2D eigenvalue weighted by Gasteiger charge is -2.28. The Morgan fingerprint density at radius 1 is 0.800 bits per heavy atom. The summed E-state index contributed by atoms with van der Waals surface area (Å²) in [5.41, 5.74) is 0. The normalized spacial score (nSPS) is 12.3. The lowest BCUT2D eigenvalue weighted by atomic mass is 10.1. The molecular formula is C16H34O7SSi. The quantitative estimate of drug-likeness (QED) is 0.224. The van der Waals surface area contributed by atoms with E-state index in [9.17, 15) is 13.2 Å². The van der Waals surface area contributed by atoms with Gasteiger partial charge in [0, 0.05) is 32.8 Å². The van der Waals surface area contributed by atoms with Crippen LogP contribution in [-0.2, 0) is 32.4 Å². The summed E-state index contributed by atoms with van der Waals surface area (Å²) in [4.78, 5) is 10.7. The zero-order chi connectivity index (χ0) is 19.2. The second-order valence-electron chi connectivity index (χ2n) is 5.69. The van der Waals surface area contributed by atoms with Gasteiger partial charge in [-0.2, -0.15) is 8.42 Å². The molecule has 0 fully saturated rings. The van der Waals surface area contributed by atoms with Gasteiger partial charge >= 0.3 is 24.9 Å². The van der Waals surface area contributed by atoms with Crippen LogP contribution in [0.4, 0.5) is 0 Å². The fourth-order valence-electron chi connectivity index (χ4n) is 2.55. The summed E-state index contributed by atoms with van der Waals surface area (Å²) < 4.78 is 44.5. The number of carbonyl (C=O) groups excluding carboxylic acids is 1. The molecule has 0 heterocycles. The van der Waals surface area contributed by atoms with E-state index in [1.807, 2.05) is 20.8 Å². The molecular weight excluding hydrogens is 364 g/mol. The predicted octanol–water partition coefficient (Wildman–Crippen LogP) is 3.27. The Bertz CT molecular complexity index is 436. The zero-order valence-corrected chi connectivity index (χ0v) is 17.9. The fraction of sp³-hybridized carbons (Fsp3) is 0.938. The summed E-state index contributed by atoms with van der Waals surface area (Å²) >= 11 is 0. The first-order valence-corrected chi connectivity index (χ1v) is 12.7. The molecule has 0 atom stereocenters. The van der Waals surface area contributed by atoms with Crippen LogP contribution in [0.25, 0.3) is 0 Å². The van der Waals surface area contributed by atoms with Crippen molar-refractivity contribution in [3.63, 3.8) is 0 Å². The van der Waals surface area contributed by atoms with Crippen molar-refractivity contribution in [3.8, 4) is 0 Å². The van der Waals surface area contributed by atoms with Crippen LogP contribution in [0.2, 0.25) is 6.04 Å². The Morgan fingerprint density at radius 3 is 1.68 bits per heavy atom. The Kier molecular flexibility index (Phi) is 13.4. The number of carbonyl (C=O) groups is 1. The van der Waals surface area contributed by atoms with Crippen molar-refractivity contribution < 1.29 is 30.7 Å². The maximum Gasteiger partial charge on any atom is 0.500 e. The maximum atomic E-state index is 11.4. The molecule has 0 aromatic heterocycles. The van der Waals surface area contributed by atoms with Crippen LogP contribution >= 0.6 is 0 Å². The minimum Gasteiger partial charge on any atom is -0.374 e. The average Bonchev–Trinajstić information content (AvgIpc) is 2.49. The number of unbranched alkanes of at least 4 members (excludes halogenated alkanes) is 5. The Morgan fingerprint density at radius 2 is 1.24 bits per heavy atom. The molecule has 0 saturated heterocycles. The van der Waals surface area contributed by atoms with E-state index >= 15 is 0 Å². The summed E-state index contributed by atoms with van der Waals surface area (Å²) in [5, 5.41) is 0. The summed E-state index contributed by atoms with van der Waals surface area (Å²) in [6, 6.07) is 0.809. The highest BCUT2D eigenvalue weighted by molar-refractivity contribution is 7.87. The van der Waals surface area contributed by atoms with Crippen LogP contribution in [0.15, 0.2) is 0 Å². The van der Waals surface area contributed by atoms with Gasteiger partial charge in [-0.1, -0.05) is 25.7 Å².